The van der Waals surface area contributed by atoms with Crippen molar-refractivity contribution in [3.63, 3.8) is 0 Å². The molecule has 9 nitrogen and oxygen atoms in total. The minimum atomic E-state index is -0.309. The summed E-state index contributed by atoms with van der Waals surface area (Å²) >= 11 is 1.76. The highest BCUT2D eigenvalue weighted by atomic mass is 32.1. The molecule has 288 valence electrons. The molecule has 8 rings (SSSR count). The summed E-state index contributed by atoms with van der Waals surface area (Å²) < 4.78 is 0. The highest BCUT2D eigenvalue weighted by Crippen LogP contribution is 2.36. The van der Waals surface area contributed by atoms with Crippen molar-refractivity contribution < 1.29 is 9.59 Å². The SMILES string of the molecule is CCN(CC)[C@@H](C(=O)N1CCC[C@H]1c1ncc(-c2ccc(-c3ccc(-c4cnc([C@@H]5CCCN5C(=O)CCCc5cccs5)[nH]4)cc3)cc2)[nH]1)c1ccccc1. The molecule has 2 N–H and O–H groups in total. The number of H-pyrrole nitrogens is 2. The van der Waals surface area contributed by atoms with E-state index in [4.69, 9.17) is 9.97 Å². The summed E-state index contributed by atoms with van der Waals surface area (Å²) in [6, 6.07) is 31.1. The zero-order valence-electron chi connectivity index (χ0n) is 32.4. The normalized spacial score (nSPS) is 17.6. The van der Waals surface area contributed by atoms with E-state index in [1.807, 2.05) is 40.4 Å². The average Bonchev–Trinajstić information content (AvgIpc) is 4.10. The monoisotopic (exact) mass is 765 g/mol. The molecule has 0 bridgehead atoms. The quantitative estimate of drug-likeness (QED) is 0.115. The van der Waals surface area contributed by atoms with Crippen LogP contribution in [0.5, 0.6) is 0 Å². The number of nitrogens with one attached hydrogen (secondary N) is 2. The number of amides is 2. The van der Waals surface area contributed by atoms with E-state index in [-0.39, 0.29) is 29.9 Å². The molecule has 2 aliphatic rings. The van der Waals surface area contributed by atoms with E-state index < -0.39 is 0 Å². The van der Waals surface area contributed by atoms with Gasteiger partial charge in [0.05, 0.1) is 35.9 Å². The van der Waals surface area contributed by atoms with Crippen LogP contribution in [0.25, 0.3) is 33.6 Å². The van der Waals surface area contributed by atoms with Crippen molar-refractivity contribution in [1.82, 2.24) is 34.6 Å². The van der Waals surface area contributed by atoms with E-state index in [0.29, 0.717) is 6.42 Å². The summed E-state index contributed by atoms with van der Waals surface area (Å²) in [4.78, 5) is 51.7. The van der Waals surface area contributed by atoms with Gasteiger partial charge in [-0.2, -0.15) is 0 Å². The van der Waals surface area contributed by atoms with Gasteiger partial charge in [-0.1, -0.05) is 98.8 Å². The molecule has 3 aromatic carbocycles. The van der Waals surface area contributed by atoms with Crippen LogP contribution in [0.4, 0.5) is 0 Å². The van der Waals surface area contributed by atoms with Crippen molar-refractivity contribution in [2.75, 3.05) is 26.2 Å². The highest BCUT2D eigenvalue weighted by molar-refractivity contribution is 7.09. The molecule has 5 heterocycles. The lowest BCUT2D eigenvalue weighted by Gasteiger charge is -2.34. The second kappa shape index (κ2) is 17.2. The summed E-state index contributed by atoms with van der Waals surface area (Å²) in [7, 11) is 0. The third-order valence-corrected chi connectivity index (χ3v) is 12.5. The Morgan fingerprint density at radius 2 is 1.29 bits per heavy atom. The first-order valence-corrected chi connectivity index (χ1v) is 21.1. The van der Waals surface area contributed by atoms with Crippen LogP contribution >= 0.6 is 11.3 Å². The van der Waals surface area contributed by atoms with Crippen LogP contribution in [0.3, 0.4) is 0 Å². The van der Waals surface area contributed by atoms with Crippen molar-refractivity contribution in [3.8, 4) is 33.6 Å². The fourth-order valence-corrected chi connectivity index (χ4v) is 9.31. The van der Waals surface area contributed by atoms with E-state index >= 15 is 0 Å². The van der Waals surface area contributed by atoms with E-state index in [1.54, 1.807) is 11.3 Å². The first kappa shape index (κ1) is 37.6. The van der Waals surface area contributed by atoms with Crippen molar-refractivity contribution in [2.45, 2.75) is 76.9 Å². The number of nitrogens with zero attached hydrogens (tertiary/aromatic N) is 5. The van der Waals surface area contributed by atoms with Gasteiger partial charge in [0.1, 0.15) is 17.7 Å². The summed E-state index contributed by atoms with van der Waals surface area (Å²) in [5, 5.41) is 2.09. The Kier molecular flexibility index (Phi) is 11.6. The number of carbonyl (C=O) groups excluding carboxylic acids is 2. The minimum absolute atomic E-state index is 0.00543. The smallest absolute Gasteiger partial charge is 0.245 e. The van der Waals surface area contributed by atoms with Gasteiger partial charge in [0.15, 0.2) is 0 Å². The Labute approximate surface area is 333 Å². The number of thiophene rings is 1. The van der Waals surface area contributed by atoms with Crippen molar-refractivity contribution in [3.05, 3.63) is 131 Å². The molecule has 0 radical (unpaired) electrons. The van der Waals surface area contributed by atoms with Crippen LogP contribution < -0.4 is 0 Å². The number of benzene rings is 3. The maximum Gasteiger partial charge on any atom is 0.245 e. The number of likely N-dealkylation sites (tertiary alicyclic amines) is 2. The molecule has 2 fully saturated rings. The first-order valence-electron chi connectivity index (χ1n) is 20.2. The van der Waals surface area contributed by atoms with Crippen molar-refractivity contribution in [1.29, 1.82) is 0 Å². The second-order valence-corrected chi connectivity index (χ2v) is 16.0. The Morgan fingerprint density at radius 3 is 1.84 bits per heavy atom. The van der Waals surface area contributed by atoms with Gasteiger partial charge >= 0.3 is 0 Å². The third kappa shape index (κ3) is 7.99. The maximum atomic E-state index is 14.2. The molecule has 2 amide bonds. The Hall–Kier alpha value is -5.32. The van der Waals surface area contributed by atoms with Gasteiger partial charge in [0.2, 0.25) is 11.8 Å². The van der Waals surface area contributed by atoms with Crippen LogP contribution in [0.15, 0.2) is 109 Å². The molecular formula is C46H51N7O2S. The molecule has 3 aromatic heterocycles. The van der Waals surface area contributed by atoms with Crippen LogP contribution in [-0.4, -0.2) is 72.6 Å². The number of likely N-dealkylation sites (N-methyl/N-ethyl adjacent to an activating group) is 1. The van der Waals surface area contributed by atoms with Gasteiger partial charge in [-0.25, -0.2) is 9.97 Å². The highest BCUT2D eigenvalue weighted by Gasteiger charge is 2.38. The van der Waals surface area contributed by atoms with Crippen LogP contribution in [0, 0.1) is 0 Å². The molecule has 0 unspecified atom stereocenters. The Morgan fingerprint density at radius 1 is 0.732 bits per heavy atom. The average molecular weight is 766 g/mol. The molecule has 10 heteroatoms. The molecule has 56 heavy (non-hydrogen) atoms. The summed E-state index contributed by atoms with van der Waals surface area (Å²) in [5.41, 5.74) is 7.31. The van der Waals surface area contributed by atoms with Gasteiger partial charge < -0.3 is 19.8 Å². The molecule has 2 aliphatic heterocycles. The zero-order valence-corrected chi connectivity index (χ0v) is 33.2. The van der Waals surface area contributed by atoms with Crippen LogP contribution in [-0.2, 0) is 16.0 Å². The van der Waals surface area contributed by atoms with Gasteiger partial charge in [0, 0.05) is 24.4 Å². The molecule has 0 aliphatic carbocycles. The van der Waals surface area contributed by atoms with Gasteiger partial charge in [-0.15, -0.1) is 11.3 Å². The van der Waals surface area contributed by atoms with Gasteiger partial charge in [0.25, 0.3) is 0 Å². The Bertz CT molecular complexity index is 2190. The van der Waals surface area contributed by atoms with Gasteiger partial charge in [-0.05, 0) is 90.9 Å². The molecule has 6 aromatic rings. The number of hydrogen-bond acceptors (Lipinski definition) is 6. The topological polar surface area (TPSA) is 101 Å². The van der Waals surface area contributed by atoms with E-state index in [1.165, 1.54) is 4.88 Å². The molecule has 0 saturated carbocycles. The lowest BCUT2D eigenvalue weighted by atomic mass is 10.0. The first-order chi connectivity index (χ1) is 27.5. The van der Waals surface area contributed by atoms with E-state index in [2.05, 4.69) is 107 Å². The van der Waals surface area contributed by atoms with E-state index in [0.717, 1.165) is 116 Å². The molecule has 2 saturated heterocycles. The second-order valence-electron chi connectivity index (χ2n) is 14.9. The zero-order chi connectivity index (χ0) is 38.4. The predicted molar refractivity (Wildman–Crippen MR) is 224 cm³/mol. The van der Waals surface area contributed by atoms with Gasteiger partial charge in [-0.3, -0.25) is 14.5 Å². The number of imidazole rings is 2. The van der Waals surface area contributed by atoms with Crippen molar-refractivity contribution in [2.24, 2.45) is 0 Å². The lowest BCUT2D eigenvalue weighted by Crippen LogP contribution is -2.43. The lowest BCUT2D eigenvalue weighted by molar-refractivity contribution is -0.138. The molecular weight excluding hydrogens is 715 g/mol. The summed E-state index contributed by atoms with van der Waals surface area (Å²) in [5.74, 6) is 2.08. The molecule has 3 atom stereocenters. The summed E-state index contributed by atoms with van der Waals surface area (Å²) in [6.07, 6.45) is 9.97. The fraction of sp³-hybridized carbons (Fsp3) is 0.348. The fourth-order valence-electron chi connectivity index (χ4n) is 8.56. The van der Waals surface area contributed by atoms with Crippen LogP contribution in [0.1, 0.15) is 92.6 Å². The van der Waals surface area contributed by atoms with Crippen molar-refractivity contribution >= 4 is 23.2 Å². The standard InChI is InChI=1S/C46H51N7O2S/c1-3-51(4-2)43(36-12-6-5-7-13-36)46(55)53-28-10-17-41(53)45-48-31-39(50-45)35-25-21-33(22-26-35)32-19-23-34(24-20-32)38-30-47-44(49-38)40-16-9-27-52(40)42(54)18-8-14-37-15-11-29-56-37/h5-7,11-13,15,19-26,29-31,40-41,43H,3-4,8-10,14,16-18,27-28H2,1-2H3,(H,47,49)(H,48,50)/t40-,41-,43+/m0/s1. The number of carbonyl (C=O) groups is 2. The number of aromatic nitrogens is 4. The van der Waals surface area contributed by atoms with Crippen LogP contribution in [0.2, 0.25) is 0 Å². The number of aromatic amines is 2. The van der Waals surface area contributed by atoms with E-state index in [9.17, 15) is 9.59 Å². The largest absolute Gasteiger partial charge is 0.340 e. The predicted octanol–water partition coefficient (Wildman–Crippen LogP) is 9.63. The molecule has 0 spiro atoms. The number of rotatable bonds is 14. The Balaban J connectivity index is 0.905. The minimum Gasteiger partial charge on any atom is -0.340 e. The summed E-state index contributed by atoms with van der Waals surface area (Å²) in [6.45, 7) is 7.37. The number of hydrogen-bond donors (Lipinski definition) is 2. The third-order valence-electron chi connectivity index (χ3n) is 11.6. The number of aryl methyl sites for hydroxylation is 1. The maximum absolute atomic E-state index is 14.2.